The highest BCUT2D eigenvalue weighted by Gasteiger charge is 2.35. The van der Waals surface area contributed by atoms with Crippen LogP contribution in [0.25, 0.3) is 0 Å². The van der Waals surface area contributed by atoms with E-state index in [-0.39, 0.29) is 5.56 Å². The van der Waals surface area contributed by atoms with Crippen molar-refractivity contribution in [3.63, 3.8) is 0 Å². The molecule has 1 unspecified atom stereocenters. The third-order valence-corrected chi connectivity index (χ3v) is 3.29. The van der Waals surface area contributed by atoms with Crippen LogP contribution in [0.4, 0.5) is 0 Å². The monoisotopic (exact) mass is 235 g/mol. The summed E-state index contributed by atoms with van der Waals surface area (Å²) in [5, 5.41) is 19.5. The summed E-state index contributed by atoms with van der Waals surface area (Å²) in [7, 11) is 1.96. The molecule has 2 N–H and O–H groups in total. The van der Waals surface area contributed by atoms with E-state index >= 15 is 0 Å². The zero-order chi connectivity index (χ0) is 12.5. The summed E-state index contributed by atoms with van der Waals surface area (Å²) in [5.74, 6) is -0.935. The molecule has 0 bridgehead atoms. The van der Waals surface area contributed by atoms with E-state index < -0.39 is 11.6 Å². The van der Waals surface area contributed by atoms with Crippen molar-refractivity contribution in [2.45, 2.75) is 18.4 Å². The molecule has 4 heteroatoms. The Morgan fingerprint density at radius 2 is 2.18 bits per heavy atom. The second kappa shape index (κ2) is 4.47. The molecule has 1 heterocycles. The number of nitrogens with zero attached hydrogens (tertiary/aromatic N) is 1. The molecule has 1 fully saturated rings. The van der Waals surface area contributed by atoms with Crippen LogP contribution in [0.2, 0.25) is 0 Å². The lowest BCUT2D eigenvalue weighted by molar-refractivity contribution is 0.0516. The van der Waals surface area contributed by atoms with Crippen LogP contribution in [0, 0.1) is 0 Å². The van der Waals surface area contributed by atoms with Gasteiger partial charge in [0.25, 0.3) is 0 Å². The maximum absolute atomic E-state index is 11.1. The summed E-state index contributed by atoms with van der Waals surface area (Å²) in [6.45, 7) is 1.45. The number of carboxylic acids is 1. The first-order valence-corrected chi connectivity index (χ1v) is 5.72. The van der Waals surface area contributed by atoms with Crippen molar-refractivity contribution in [2.24, 2.45) is 0 Å². The summed E-state index contributed by atoms with van der Waals surface area (Å²) in [4.78, 5) is 13.1. The Kier molecular flexibility index (Phi) is 3.17. The number of hydrogen-bond acceptors (Lipinski definition) is 3. The number of aromatic carboxylic acids is 1. The molecule has 0 aliphatic carbocycles. The van der Waals surface area contributed by atoms with Crippen LogP contribution in [-0.2, 0) is 6.42 Å². The highest BCUT2D eigenvalue weighted by molar-refractivity contribution is 5.89. The van der Waals surface area contributed by atoms with E-state index in [0.717, 1.165) is 6.54 Å². The molecular formula is C13H17NO3. The van der Waals surface area contributed by atoms with Gasteiger partial charge in [0, 0.05) is 19.5 Å². The van der Waals surface area contributed by atoms with Gasteiger partial charge in [0.15, 0.2) is 0 Å². The highest BCUT2D eigenvalue weighted by atomic mass is 16.4. The summed E-state index contributed by atoms with van der Waals surface area (Å²) >= 11 is 0. The molecule has 0 radical (unpaired) electrons. The summed E-state index contributed by atoms with van der Waals surface area (Å²) in [6, 6.07) is 6.88. The predicted octanol–water partition coefficient (Wildman–Crippen LogP) is 0.994. The Hall–Kier alpha value is -1.39. The molecule has 4 nitrogen and oxygen atoms in total. The highest BCUT2D eigenvalue weighted by Crippen LogP contribution is 2.25. The molecule has 1 saturated heterocycles. The van der Waals surface area contributed by atoms with Gasteiger partial charge in [-0.25, -0.2) is 4.79 Å². The van der Waals surface area contributed by atoms with E-state index in [1.807, 2.05) is 13.1 Å². The number of likely N-dealkylation sites (tertiary alicyclic amines) is 1. The van der Waals surface area contributed by atoms with E-state index in [0.29, 0.717) is 24.9 Å². The molecule has 1 aliphatic heterocycles. The second-order valence-corrected chi connectivity index (χ2v) is 4.85. The average molecular weight is 235 g/mol. The van der Waals surface area contributed by atoms with Crippen LogP contribution < -0.4 is 0 Å². The van der Waals surface area contributed by atoms with Crippen LogP contribution in [0.15, 0.2) is 24.3 Å². The second-order valence-electron chi connectivity index (χ2n) is 4.85. The Morgan fingerprint density at radius 1 is 1.47 bits per heavy atom. The quantitative estimate of drug-likeness (QED) is 0.820. The fourth-order valence-electron chi connectivity index (χ4n) is 2.44. The zero-order valence-corrected chi connectivity index (χ0v) is 9.89. The molecule has 0 aromatic heterocycles. The van der Waals surface area contributed by atoms with Crippen molar-refractivity contribution in [3.8, 4) is 0 Å². The van der Waals surface area contributed by atoms with Crippen molar-refractivity contribution >= 4 is 5.97 Å². The number of rotatable bonds is 3. The van der Waals surface area contributed by atoms with Crippen molar-refractivity contribution < 1.29 is 15.0 Å². The Labute approximate surface area is 100 Å². The third kappa shape index (κ3) is 2.65. The first-order chi connectivity index (χ1) is 8.00. The molecule has 0 amide bonds. The van der Waals surface area contributed by atoms with Crippen molar-refractivity contribution in [3.05, 3.63) is 35.4 Å². The average Bonchev–Trinajstić information content (AvgIpc) is 2.59. The molecule has 92 valence electrons. The number of carbonyl (C=O) groups is 1. The number of hydrogen-bond donors (Lipinski definition) is 2. The van der Waals surface area contributed by atoms with Gasteiger partial charge in [0.1, 0.15) is 0 Å². The molecule has 1 aliphatic rings. The fourth-order valence-corrected chi connectivity index (χ4v) is 2.44. The molecule has 17 heavy (non-hydrogen) atoms. The Morgan fingerprint density at radius 3 is 2.76 bits per heavy atom. The van der Waals surface area contributed by atoms with Gasteiger partial charge in [-0.1, -0.05) is 18.2 Å². The molecule has 1 aromatic rings. The minimum atomic E-state index is -0.935. The Bertz CT molecular complexity index is 432. The predicted molar refractivity (Wildman–Crippen MR) is 64.2 cm³/mol. The molecular weight excluding hydrogens is 218 g/mol. The topological polar surface area (TPSA) is 60.8 Å². The lowest BCUT2D eigenvalue weighted by atomic mass is 9.91. The van der Waals surface area contributed by atoms with Gasteiger partial charge < -0.3 is 15.1 Å². The van der Waals surface area contributed by atoms with Gasteiger partial charge in [-0.3, -0.25) is 0 Å². The number of carboxylic acid groups (broad SMARTS) is 1. The normalized spacial score (nSPS) is 25.1. The van der Waals surface area contributed by atoms with Crippen LogP contribution >= 0.6 is 0 Å². The smallest absolute Gasteiger partial charge is 0.335 e. The van der Waals surface area contributed by atoms with Crippen LogP contribution in [0.5, 0.6) is 0 Å². The summed E-state index contributed by atoms with van der Waals surface area (Å²) in [6.07, 6.45) is 1.09. The van der Waals surface area contributed by atoms with Crippen molar-refractivity contribution in [1.29, 1.82) is 0 Å². The minimum Gasteiger partial charge on any atom is -0.478 e. The summed E-state index contributed by atoms with van der Waals surface area (Å²) in [5.41, 5.74) is 0.202. The maximum atomic E-state index is 11.1. The SMILES string of the molecule is CN1CCC(O)(Cc2ccccc2C(=O)O)C1. The van der Waals surface area contributed by atoms with Gasteiger partial charge in [0.2, 0.25) is 0 Å². The van der Waals surface area contributed by atoms with E-state index in [4.69, 9.17) is 5.11 Å². The lowest BCUT2D eigenvalue weighted by Gasteiger charge is -2.23. The van der Waals surface area contributed by atoms with Crippen LogP contribution in [0.1, 0.15) is 22.3 Å². The van der Waals surface area contributed by atoms with E-state index in [9.17, 15) is 9.90 Å². The lowest BCUT2D eigenvalue weighted by Crippen LogP contribution is -2.34. The van der Waals surface area contributed by atoms with Crippen molar-refractivity contribution in [2.75, 3.05) is 20.1 Å². The molecule has 0 spiro atoms. The number of benzene rings is 1. The Balaban J connectivity index is 2.21. The van der Waals surface area contributed by atoms with Crippen molar-refractivity contribution in [1.82, 2.24) is 4.90 Å². The number of aliphatic hydroxyl groups is 1. The fraction of sp³-hybridized carbons (Fsp3) is 0.462. The van der Waals surface area contributed by atoms with Gasteiger partial charge in [-0.15, -0.1) is 0 Å². The number of β-amino-alcohol motifs (C(OH)–C–C–N with tert-alkyl or cyclic N) is 1. The van der Waals surface area contributed by atoms with Gasteiger partial charge >= 0.3 is 5.97 Å². The molecule has 0 saturated carbocycles. The van der Waals surface area contributed by atoms with Gasteiger partial charge in [-0.2, -0.15) is 0 Å². The third-order valence-electron chi connectivity index (χ3n) is 3.29. The standard InChI is InChI=1S/C13H17NO3/c1-14-7-6-13(17,9-14)8-10-4-2-3-5-11(10)12(15)16/h2-5,17H,6-9H2,1H3,(H,15,16). The van der Waals surface area contributed by atoms with E-state index in [1.165, 1.54) is 0 Å². The van der Waals surface area contributed by atoms with Crippen LogP contribution in [0.3, 0.4) is 0 Å². The van der Waals surface area contributed by atoms with Gasteiger partial charge in [-0.05, 0) is 25.1 Å². The first-order valence-electron chi connectivity index (χ1n) is 5.72. The summed E-state index contributed by atoms with van der Waals surface area (Å²) < 4.78 is 0. The van der Waals surface area contributed by atoms with E-state index in [1.54, 1.807) is 18.2 Å². The molecule has 2 rings (SSSR count). The maximum Gasteiger partial charge on any atom is 0.335 e. The first kappa shape index (κ1) is 12.1. The van der Waals surface area contributed by atoms with Crippen LogP contribution in [-0.4, -0.2) is 46.8 Å². The number of likely N-dealkylation sites (N-methyl/N-ethyl adjacent to an activating group) is 1. The van der Waals surface area contributed by atoms with Gasteiger partial charge in [0.05, 0.1) is 11.2 Å². The molecule has 1 atom stereocenters. The molecule has 1 aromatic carbocycles. The minimum absolute atomic E-state index is 0.287. The largest absolute Gasteiger partial charge is 0.478 e. The van der Waals surface area contributed by atoms with E-state index in [2.05, 4.69) is 4.90 Å². The zero-order valence-electron chi connectivity index (χ0n) is 9.89.